The molecule has 4 nitrogen and oxygen atoms in total. The molecule has 0 heterocycles. The fourth-order valence-electron chi connectivity index (χ4n) is 1.57. The van der Waals surface area contributed by atoms with E-state index in [1.807, 2.05) is 0 Å². The summed E-state index contributed by atoms with van der Waals surface area (Å²) in [6.45, 7) is 1.62. The molecule has 0 amide bonds. The van der Waals surface area contributed by atoms with Gasteiger partial charge in [-0.15, -0.1) is 0 Å². The Kier molecular flexibility index (Phi) is 3.41. The molecule has 2 aromatic rings. The molecule has 2 aromatic carbocycles. The minimum Gasteiger partial charge on any atom is -0.457 e. The van der Waals surface area contributed by atoms with Gasteiger partial charge < -0.3 is 4.74 Å². The number of hydrogen-bond donors (Lipinski definition) is 0. The summed E-state index contributed by atoms with van der Waals surface area (Å²) in [4.78, 5) is 9.89. The minimum absolute atomic E-state index is 0.0126. The molecule has 0 aliphatic carbocycles. The van der Waals surface area contributed by atoms with Gasteiger partial charge in [-0.1, -0.05) is 0 Å². The molecule has 0 spiro atoms. The predicted molar refractivity (Wildman–Crippen MR) is 64.3 cm³/mol. The highest BCUT2D eigenvalue weighted by Crippen LogP contribution is 2.29. The van der Waals surface area contributed by atoms with Crippen LogP contribution in [-0.2, 0) is 0 Å². The third-order valence-corrected chi connectivity index (χ3v) is 2.43. The van der Waals surface area contributed by atoms with Crippen molar-refractivity contribution in [3.8, 4) is 11.5 Å². The smallest absolute Gasteiger partial charge is 0.276 e. The molecule has 0 radical (unpaired) electrons. The number of rotatable bonds is 3. The number of nitrogens with zero attached hydrogens (tertiary/aromatic N) is 1. The van der Waals surface area contributed by atoms with Gasteiger partial charge in [0.15, 0.2) is 0 Å². The van der Waals surface area contributed by atoms with Crippen LogP contribution in [0.15, 0.2) is 36.4 Å². The van der Waals surface area contributed by atoms with Crippen LogP contribution in [0.25, 0.3) is 0 Å². The fraction of sp³-hybridized carbons (Fsp3) is 0.0769. The number of hydrogen-bond acceptors (Lipinski definition) is 3. The summed E-state index contributed by atoms with van der Waals surface area (Å²) in [5.74, 6) is -0.901. The molecule has 6 heteroatoms. The van der Waals surface area contributed by atoms with E-state index in [-0.39, 0.29) is 5.75 Å². The second kappa shape index (κ2) is 5.01. The summed E-state index contributed by atoms with van der Waals surface area (Å²) in [7, 11) is 0. The molecule has 0 saturated heterocycles. The summed E-state index contributed by atoms with van der Waals surface area (Å²) in [5.41, 5.74) is 0.0988. The lowest BCUT2D eigenvalue weighted by Crippen LogP contribution is -1.93. The molecule has 98 valence electrons. The van der Waals surface area contributed by atoms with E-state index in [1.165, 1.54) is 18.2 Å². The van der Waals surface area contributed by atoms with Gasteiger partial charge in [-0.05, 0) is 30.7 Å². The van der Waals surface area contributed by atoms with Crippen molar-refractivity contribution >= 4 is 5.69 Å². The Bertz CT molecular complexity index is 644. The largest absolute Gasteiger partial charge is 0.457 e. The zero-order valence-corrected chi connectivity index (χ0v) is 9.89. The molecule has 0 bridgehead atoms. The van der Waals surface area contributed by atoms with Gasteiger partial charge in [-0.25, -0.2) is 8.78 Å². The summed E-state index contributed by atoms with van der Waals surface area (Å²) < 4.78 is 31.5. The van der Waals surface area contributed by atoms with E-state index in [2.05, 4.69) is 0 Å². The normalized spacial score (nSPS) is 10.3. The highest BCUT2D eigenvalue weighted by Gasteiger charge is 2.12. The van der Waals surface area contributed by atoms with Crippen molar-refractivity contribution in [2.75, 3.05) is 0 Å². The molecule has 0 saturated carbocycles. The van der Waals surface area contributed by atoms with E-state index in [0.717, 1.165) is 18.2 Å². The van der Waals surface area contributed by atoms with Crippen LogP contribution in [0.1, 0.15) is 5.56 Å². The van der Waals surface area contributed by atoms with Crippen molar-refractivity contribution < 1.29 is 18.4 Å². The van der Waals surface area contributed by atoms with Gasteiger partial charge in [-0.2, -0.15) is 0 Å². The lowest BCUT2D eigenvalue weighted by Gasteiger charge is -2.08. The van der Waals surface area contributed by atoms with Crippen LogP contribution < -0.4 is 4.74 Å². The highest BCUT2D eigenvalue weighted by molar-refractivity contribution is 5.43. The number of aryl methyl sites for hydroxylation is 1. The number of benzene rings is 2. The quantitative estimate of drug-likeness (QED) is 0.623. The molecule has 0 aliphatic heterocycles. The van der Waals surface area contributed by atoms with Gasteiger partial charge in [0.2, 0.25) is 0 Å². The minimum atomic E-state index is -0.774. The highest BCUT2D eigenvalue weighted by atomic mass is 19.1. The van der Waals surface area contributed by atoms with Gasteiger partial charge in [0.1, 0.15) is 23.1 Å². The van der Waals surface area contributed by atoms with Gasteiger partial charge in [-0.3, -0.25) is 10.1 Å². The van der Waals surface area contributed by atoms with E-state index < -0.39 is 22.2 Å². The summed E-state index contributed by atoms with van der Waals surface area (Å²) in [5, 5.41) is 10.6. The molecule has 0 N–H and O–H groups in total. The maximum Gasteiger partial charge on any atom is 0.276 e. The van der Waals surface area contributed by atoms with Crippen molar-refractivity contribution in [3.05, 3.63) is 63.7 Å². The molecule has 0 unspecified atom stereocenters. The first-order chi connectivity index (χ1) is 8.95. The topological polar surface area (TPSA) is 52.4 Å². The van der Waals surface area contributed by atoms with Crippen LogP contribution in [0.5, 0.6) is 11.5 Å². The van der Waals surface area contributed by atoms with E-state index >= 15 is 0 Å². The Balaban J connectivity index is 2.35. The second-order valence-electron chi connectivity index (χ2n) is 3.91. The van der Waals surface area contributed by atoms with Crippen LogP contribution in [0.4, 0.5) is 14.5 Å². The first-order valence-electron chi connectivity index (χ1n) is 5.35. The maximum atomic E-state index is 13.2. The standard InChI is InChI=1S/C13H9F2NO3/c1-8-4-9(14)2-3-13(8)19-12-6-10(15)5-11(7-12)16(17)18/h2-7H,1H3. The maximum absolute atomic E-state index is 13.2. The second-order valence-corrected chi connectivity index (χ2v) is 3.91. The Morgan fingerprint density at radius 2 is 1.84 bits per heavy atom. The Labute approximate surface area is 107 Å². The van der Waals surface area contributed by atoms with Crippen LogP contribution >= 0.6 is 0 Å². The third-order valence-electron chi connectivity index (χ3n) is 2.43. The summed E-state index contributed by atoms with van der Waals surface area (Å²) in [6.07, 6.45) is 0. The Morgan fingerprint density at radius 1 is 1.11 bits per heavy atom. The van der Waals surface area contributed by atoms with Crippen molar-refractivity contribution in [3.63, 3.8) is 0 Å². The Morgan fingerprint density at radius 3 is 2.47 bits per heavy atom. The molecule has 0 atom stereocenters. The average molecular weight is 265 g/mol. The number of non-ortho nitro benzene ring substituents is 1. The van der Waals surface area contributed by atoms with Gasteiger partial charge in [0.25, 0.3) is 5.69 Å². The summed E-state index contributed by atoms with van der Waals surface area (Å²) in [6, 6.07) is 6.74. The van der Waals surface area contributed by atoms with Gasteiger partial charge in [0.05, 0.1) is 17.1 Å². The fourth-order valence-corrected chi connectivity index (χ4v) is 1.57. The molecule has 0 fully saturated rings. The number of nitro benzene ring substituents is 1. The number of halogens is 2. The third kappa shape index (κ3) is 3.04. The molecule has 0 aliphatic rings. The predicted octanol–water partition coefficient (Wildman–Crippen LogP) is 3.97. The zero-order chi connectivity index (χ0) is 14.0. The van der Waals surface area contributed by atoms with Crippen LogP contribution in [0, 0.1) is 28.7 Å². The van der Waals surface area contributed by atoms with Gasteiger partial charge in [0, 0.05) is 6.07 Å². The van der Waals surface area contributed by atoms with Gasteiger partial charge >= 0.3 is 0 Å². The lowest BCUT2D eigenvalue weighted by atomic mass is 10.2. The molecular formula is C13H9F2NO3. The zero-order valence-electron chi connectivity index (χ0n) is 9.89. The molecule has 19 heavy (non-hydrogen) atoms. The van der Waals surface area contributed by atoms with Crippen molar-refractivity contribution in [1.29, 1.82) is 0 Å². The van der Waals surface area contributed by atoms with Crippen LogP contribution in [0.3, 0.4) is 0 Å². The molecule has 0 aromatic heterocycles. The van der Waals surface area contributed by atoms with E-state index in [0.29, 0.717) is 11.3 Å². The Hall–Kier alpha value is -2.50. The SMILES string of the molecule is Cc1cc(F)ccc1Oc1cc(F)cc([N+](=O)[O-])c1. The first-order valence-corrected chi connectivity index (χ1v) is 5.35. The van der Waals surface area contributed by atoms with Crippen LogP contribution in [0.2, 0.25) is 0 Å². The molecule has 2 rings (SSSR count). The first kappa shape index (κ1) is 12.9. The van der Waals surface area contributed by atoms with Crippen molar-refractivity contribution in [2.45, 2.75) is 6.92 Å². The summed E-state index contributed by atoms with van der Waals surface area (Å²) >= 11 is 0. The lowest BCUT2D eigenvalue weighted by molar-refractivity contribution is -0.385. The number of nitro groups is 1. The molecular weight excluding hydrogens is 256 g/mol. The monoisotopic (exact) mass is 265 g/mol. The van der Waals surface area contributed by atoms with E-state index in [9.17, 15) is 18.9 Å². The van der Waals surface area contributed by atoms with Crippen molar-refractivity contribution in [1.82, 2.24) is 0 Å². The van der Waals surface area contributed by atoms with E-state index in [4.69, 9.17) is 4.74 Å². The van der Waals surface area contributed by atoms with Crippen LogP contribution in [-0.4, -0.2) is 4.92 Å². The van der Waals surface area contributed by atoms with E-state index in [1.54, 1.807) is 6.92 Å². The van der Waals surface area contributed by atoms with Crippen molar-refractivity contribution in [2.24, 2.45) is 0 Å². The average Bonchev–Trinajstić information content (AvgIpc) is 2.32. The number of ether oxygens (including phenoxy) is 1.